The third-order valence-corrected chi connectivity index (χ3v) is 6.44. The first-order valence-electron chi connectivity index (χ1n) is 10.7. The van der Waals surface area contributed by atoms with Gasteiger partial charge in [0.15, 0.2) is 0 Å². The number of benzene rings is 3. The van der Waals surface area contributed by atoms with Gasteiger partial charge in [-0.1, -0.05) is 18.2 Å². The highest BCUT2D eigenvalue weighted by atomic mass is 32.2. The van der Waals surface area contributed by atoms with E-state index in [1.54, 1.807) is 43.3 Å². The predicted octanol–water partition coefficient (Wildman–Crippen LogP) is 4.55. The number of ether oxygens (including phenoxy) is 2. The van der Waals surface area contributed by atoms with Crippen molar-refractivity contribution >= 4 is 39.1 Å². The number of anilines is 3. The summed E-state index contributed by atoms with van der Waals surface area (Å²) in [6, 6.07) is 17.9. The van der Waals surface area contributed by atoms with E-state index in [0.29, 0.717) is 28.2 Å². The van der Waals surface area contributed by atoms with Gasteiger partial charge in [-0.05, 0) is 73.5 Å². The topological polar surface area (TPSA) is 123 Å². The van der Waals surface area contributed by atoms with Crippen molar-refractivity contribution in [2.75, 3.05) is 35.7 Å². The van der Waals surface area contributed by atoms with Gasteiger partial charge >= 0.3 is 6.09 Å². The van der Waals surface area contributed by atoms with E-state index >= 15 is 0 Å². The van der Waals surface area contributed by atoms with Crippen LogP contribution in [0.15, 0.2) is 71.6 Å². The Balaban J connectivity index is 1.63. The van der Waals surface area contributed by atoms with Crippen LogP contribution in [0.4, 0.5) is 21.9 Å². The molecule has 9 nitrogen and oxygen atoms in total. The van der Waals surface area contributed by atoms with Gasteiger partial charge in [0.05, 0.1) is 11.5 Å². The number of sulfonamides is 1. The van der Waals surface area contributed by atoms with Crippen molar-refractivity contribution in [1.82, 2.24) is 0 Å². The first-order valence-corrected chi connectivity index (χ1v) is 12.2. The molecule has 0 aliphatic rings. The molecule has 0 spiro atoms. The Morgan fingerprint density at radius 2 is 1.51 bits per heavy atom. The fourth-order valence-corrected chi connectivity index (χ4v) is 4.54. The lowest BCUT2D eigenvalue weighted by molar-refractivity contribution is 0.102. The normalized spacial score (nSPS) is 10.9. The molecule has 0 aliphatic heterocycles. The summed E-state index contributed by atoms with van der Waals surface area (Å²) in [5, 5.41) is 5.31. The maximum Gasteiger partial charge on any atom is 0.411 e. The van der Waals surface area contributed by atoms with E-state index in [1.807, 2.05) is 13.0 Å². The molecular formula is C25H27N3O6S. The third-order valence-electron chi connectivity index (χ3n) is 4.92. The van der Waals surface area contributed by atoms with Crippen LogP contribution in [0.5, 0.6) is 0 Å². The maximum absolute atomic E-state index is 12.8. The lowest BCUT2D eigenvalue weighted by Crippen LogP contribution is -2.17. The molecule has 0 heterocycles. The first-order chi connectivity index (χ1) is 16.7. The van der Waals surface area contributed by atoms with Crippen molar-refractivity contribution in [1.29, 1.82) is 0 Å². The van der Waals surface area contributed by atoms with Crippen LogP contribution < -0.4 is 15.4 Å². The molecule has 35 heavy (non-hydrogen) atoms. The molecule has 0 radical (unpaired) electrons. The summed E-state index contributed by atoms with van der Waals surface area (Å²) >= 11 is 0. The lowest BCUT2D eigenvalue weighted by Gasteiger charge is -2.12. The number of rotatable bonds is 9. The molecule has 0 atom stereocenters. The molecule has 3 rings (SSSR count). The molecule has 0 aromatic heterocycles. The molecular weight excluding hydrogens is 470 g/mol. The predicted molar refractivity (Wildman–Crippen MR) is 134 cm³/mol. The van der Waals surface area contributed by atoms with E-state index in [4.69, 9.17) is 9.47 Å². The Kier molecular flexibility index (Phi) is 8.45. The first kappa shape index (κ1) is 25.7. The molecule has 0 unspecified atom stereocenters. The van der Waals surface area contributed by atoms with Gasteiger partial charge in [0.25, 0.3) is 15.9 Å². The molecule has 3 aromatic carbocycles. The molecule has 0 fully saturated rings. The van der Waals surface area contributed by atoms with E-state index in [2.05, 4.69) is 15.4 Å². The largest absolute Gasteiger partial charge is 0.447 e. The number of amides is 2. The molecule has 0 aliphatic carbocycles. The Hall–Kier alpha value is -3.89. The highest BCUT2D eigenvalue weighted by molar-refractivity contribution is 7.92. The summed E-state index contributed by atoms with van der Waals surface area (Å²) in [6.45, 7) is 3.97. The van der Waals surface area contributed by atoms with Gasteiger partial charge in [-0.3, -0.25) is 14.8 Å². The number of nitrogens with one attached hydrogen (secondary N) is 3. The van der Waals surface area contributed by atoms with Gasteiger partial charge < -0.3 is 14.8 Å². The SMILES string of the molecule is COCCOC(=O)Nc1cccc(NC(=O)c2ccc(NS(=O)(=O)c3cc(C)ccc3C)cc2)c1. The highest BCUT2D eigenvalue weighted by Crippen LogP contribution is 2.22. The third kappa shape index (κ3) is 7.29. The zero-order valence-corrected chi connectivity index (χ0v) is 20.4. The van der Waals surface area contributed by atoms with Gasteiger partial charge in [-0.2, -0.15) is 0 Å². The summed E-state index contributed by atoms with van der Waals surface area (Å²) in [5.74, 6) is -0.395. The Bertz CT molecular complexity index is 1310. The molecule has 0 saturated heterocycles. The number of hydrogen-bond donors (Lipinski definition) is 3. The van der Waals surface area contributed by atoms with E-state index < -0.39 is 22.0 Å². The van der Waals surface area contributed by atoms with E-state index in [0.717, 1.165) is 5.56 Å². The van der Waals surface area contributed by atoms with Crippen molar-refractivity contribution in [3.63, 3.8) is 0 Å². The molecule has 0 bridgehead atoms. The summed E-state index contributed by atoms with van der Waals surface area (Å²) in [5.41, 5.74) is 3.05. The van der Waals surface area contributed by atoms with Crippen LogP contribution in [0.1, 0.15) is 21.5 Å². The molecule has 3 aromatic rings. The van der Waals surface area contributed by atoms with Gasteiger partial charge in [0.2, 0.25) is 0 Å². The van der Waals surface area contributed by atoms with E-state index in [9.17, 15) is 18.0 Å². The second-order valence-corrected chi connectivity index (χ2v) is 9.39. The van der Waals surface area contributed by atoms with Gasteiger partial charge in [0.1, 0.15) is 6.61 Å². The highest BCUT2D eigenvalue weighted by Gasteiger charge is 2.17. The van der Waals surface area contributed by atoms with Gasteiger partial charge in [-0.15, -0.1) is 0 Å². The van der Waals surface area contributed by atoms with Crippen LogP contribution in [0, 0.1) is 13.8 Å². The van der Waals surface area contributed by atoms with Crippen molar-refractivity contribution in [2.45, 2.75) is 18.7 Å². The zero-order chi connectivity index (χ0) is 25.4. The number of carbonyl (C=O) groups excluding carboxylic acids is 2. The monoisotopic (exact) mass is 497 g/mol. The minimum absolute atomic E-state index is 0.121. The number of carbonyl (C=O) groups is 2. The number of hydrogen-bond acceptors (Lipinski definition) is 6. The average molecular weight is 498 g/mol. The molecule has 3 N–H and O–H groups in total. The van der Waals surface area contributed by atoms with Crippen LogP contribution >= 0.6 is 0 Å². The van der Waals surface area contributed by atoms with Crippen molar-refractivity contribution in [2.24, 2.45) is 0 Å². The molecule has 0 saturated carbocycles. The van der Waals surface area contributed by atoms with Crippen molar-refractivity contribution in [3.8, 4) is 0 Å². The van der Waals surface area contributed by atoms with Crippen LogP contribution in [-0.4, -0.2) is 40.7 Å². The summed E-state index contributed by atoms with van der Waals surface area (Å²) in [7, 11) is -2.27. The second kappa shape index (κ2) is 11.5. The average Bonchev–Trinajstić information content (AvgIpc) is 2.81. The second-order valence-electron chi connectivity index (χ2n) is 7.74. The Labute approximate surface area is 204 Å². The Morgan fingerprint density at radius 1 is 0.829 bits per heavy atom. The summed E-state index contributed by atoms with van der Waals surface area (Å²) in [4.78, 5) is 24.6. The number of methoxy groups -OCH3 is 1. The van der Waals surface area contributed by atoms with Gasteiger partial charge in [-0.25, -0.2) is 13.2 Å². The molecule has 10 heteroatoms. The van der Waals surface area contributed by atoms with Crippen molar-refractivity contribution in [3.05, 3.63) is 83.4 Å². The minimum Gasteiger partial charge on any atom is -0.447 e. The summed E-state index contributed by atoms with van der Waals surface area (Å²) in [6.07, 6.45) is -0.635. The fraction of sp³-hybridized carbons (Fsp3) is 0.200. The lowest BCUT2D eigenvalue weighted by atomic mass is 10.2. The maximum atomic E-state index is 12.8. The van der Waals surface area contributed by atoms with E-state index in [1.165, 1.54) is 31.4 Å². The van der Waals surface area contributed by atoms with Crippen LogP contribution in [0.25, 0.3) is 0 Å². The molecule has 184 valence electrons. The quantitative estimate of drug-likeness (QED) is 0.373. The van der Waals surface area contributed by atoms with Crippen LogP contribution in [0.3, 0.4) is 0 Å². The summed E-state index contributed by atoms with van der Waals surface area (Å²) < 4.78 is 37.9. The smallest absolute Gasteiger partial charge is 0.411 e. The van der Waals surface area contributed by atoms with Crippen molar-refractivity contribution < 1.29 is 27.5 Å². The molecule has 2 amide bonds. The van der Waals surface area contributed by atoms with E-state index in [-0.39, 0.29) is 18.1 Å². The van der Waals surface area contributed by atoms with Crippen LogP contribution in [0.2, 0.25) is 0 Å². The zero-order valence-electron chi connectivity index (χ0n) is 19.6. The minimum atomic E-state index is -3.77. The van der Waals surface area contributed by atoms with Gasteiger partial charge in [0, 0.05) is 29.7 Å². The number of aryl methyl sites for hydroxylation is 2. The standard InChI is InChI=1S/C25H27N3O6S/c1-17-7-8-18(2)23(15-17)35(31,32)28-20-11-9-19(10-12-20)24(29)26-21-5-4-6-22(16-21)27-25(30)34-14-13-33-3/h4-12,15-16,28H,13-14H2,1-3H3,(H,26,29)(H,27,30). The Morgan fingerprint density at radius 3 is 2.20 bits per heavy atom. The van der Waals surface area contributed by atoms with Crippen LogP contribution in [-0.2, 0) is 19.5 Å². The fourth-order valence-electron chi connectivity index (χ4n) is 3.15.